The Morgan fingerprint density at radius 1 is 0.913 bits per heavy atom. The topological polar surface area (TPSA) is 113 Å². The van der Waals surface area contributed by atoms with Crippen molar-refractivity contribution in [1.82, 2.24) is 9.66 Å². The summed E-state index contributed by atoms with van der Waals surface area (Å²) in [5.74, 6) is 1.90. The van der Waals surface area contributed by atoms with Crippen LogP contribution in [0.15, 0.2) is 88.8 Å². The molecule has 0 unspecified atom stereocenters. The highest BCUT2D eigenvalue weighted by Gasteiger charge is 2.19. The minimum atomic E-state index is -0.342. The third-order valence-corrected chi connectivity index (χ3v) is 7.40. The molecule has 1 amide bonds. The van der Waals surface area contributed by atoms with Gasteiger partial charge in [0.15, 0.2) is 23.9 Å². The van der Waals surface area contributed by atoms with Crippen molar-refractivity contribution in [1.29, 1.82) is 0 Å². The predicted octanol–water partition coefficient (Wildman–Crippen LogP) is 6.42. The minimum absolute atomic E-state index is 0.170. The highest BCUT2D eigenvalue weighted by molar-refractivity contribution is 5.92. The molecule has 0 saturated heterocycles. The van der Waals surface area contributed by atoms with Crippen LogP contribution in [-0.2, 0) is 4.79 Å². The Bertz CT molecular complexity index is 1940. The zero-order chi connectivity index (χ0) is 32.8. The number of fused-ring (bicyclic) bond motifs is 1. The average molecular weight is 621 g/mol. The molecule has 1 N–H and O–H groups in total. The highest BCUT2D eigenvalue weighted by Crippen LogP contribution is 2.38. The number of amides is 1. The molecular formula is C36H36N4O6. The van der Waals surface area contributed by atoms with Crippen molar-refractivity contribution in [2.45, 2.75) is 26.7 Å². The zero-order valence-electron chi connectivity index (χ0n) is 26.7. The van der Waals surface area contributed by atoms with Gasteiger partial charge in [0.05, 0.1) is 38.4 Å². The number of benzene rings is 4. The zero-order valence-corrected chi connectivity index (χ0v) is 26.7. The Hall–Kier alpha value is -5.64. The third-order valence-electron chi connectivity index (χ3n) is 7.40. The number of rotatable bonds is 11. The smallest absolute Gasteiger partial charge is 0.282 e. The summed E-state index contributed by atoms with van der Waals surface area (Å²) < 4.78 is 23.9. The standard InChI is InChI=1S/C36H36N4O6/c1-22(2)27-19-28(23(3)16-30(27)43-4)35-39-29-15-11-10-14-26(29)36(42)40(35)37-20-24-17-31(44-5)34(32(18-24)45-6)46-21-33(41)38-25-12-8-7-9-13-25/h7-20,22H,21H2,1-6H3,(H,38,41). The molecule has 0 atom stereocenters. The number of hydrogen-bond donors (Lipinski definition) is 1. The van der Waals surface area contributed by atoms with Gasteiger partial charge < -0.3 is 24.3 Å². The molecule has 0 aliphatic rings. The first-order valence-electron chi connectivity index (χ1n) is 14.7. The molecule has 5 aromatic rings. The van der Waals surface area contributed by atoms with Crippen LogP contribution in [0.3, 0.4) is 0 Å². The average Bonchev–Trinajstić information content (AvgIpc) is 3.06. The molecule has 10 heteroatoms. The summed E-state index contributed by atoms with van der Waals surface area (Å²) in [6.45, 7) is 5.85. The molecule has 236 valence electrons. The minimum Gasteiger partial charge on any atom is -0.496 e. The fourth-order valence-corrected chi connectivity index (χ4v) is 5.07. The summed E-state index contributed by atoms with van der Waals surface area (Å²) in [5.41, 5.74) is 4.10. The van der Waals surface area contributed by atoms with E-state index in [1.165, 1.54) is 25.1 Å². The summed E-state index contributed by atoms with van der Waals surface area (Å²) in [7, 11) is 4.62. The summed E-state index contributed by atoms with van der Waals surface area (Å²) in [5, 5.41) is 7.85. The van der Waals surface area contributed by atoms with E-state index in [1.54, 1.807) is 43.5 Å². The molecule has 0 aliphatic carbocycles. The van der Waals surface area contributed by atoms with Gasteiger partial charge in [-0.2, -0.15) is 9.78 Å². The van der Waals surface area contributed by atoms with Gasteiger partial charge in [-0.15, -0.1) is 0 Å². The first-order chi connectivity index (χ1) is 22.2. The van der Waals surface area contributed by atoms with Gasteiger partial charge in [-0.05, 0) is 72.5 Å². The first kappa shape index (κ1) is 31.8. The van der Waals surface area contributed by atoms with Gasteiger partial charge in [0.2, 0.25) is 5.75 Å². The third kappa shape index (κ3) is 6.71. The Morgan fingerprint density at radius 2 is 1.57 bits per heavy atom. The lowest BCUT2D eigenvalue weighted by Crippen LogP contribution is -2.21. The molecular weight excluding hydrogens is 584 g/mol. The van der Waals surface area contributed by atoms with Crippen LogP contribution in [0.25, 0.3) is 22.3 Å². The number of methoxy groups -OCH3 is 3. The highest BCUT2D eigenvalue weighted by atomic mass is 16.5. The van der Waals surface area contributed by atoms with Crippen molar-refractivity contribution in [3.8, 4) is 34.4 Å². The molecule has 0 aliphatic heterocycles. The number of para-hydroxylation sites is 2. The van der Waals surface area contributed by atoms with E-state index < -0.39 is 0 Å². The number of nitrogens with one attached hydrogen (secondary N) is 1. The summed E-state index contributed by atoms with van der Waals surface area (Å²) in [6.07, 6.45) is 1.53. The number of hydrogen-bond acceptors (Lipinski definition) is 8. The van der Waals surface area contributed by atoms with E-state index in [4.69, 9.17) is 23.9 Å². The van der Waals surface area contributed by atoms with Crippen LogP contribution >= 0.6 is 0 Å². The van der Waals surface area contributed by atoms with Gasteiger partial charge in [0.1, 0.15) is 5.75 Å². The monoisotopic (exact) mass is 620 g/mol. The van der Waals surface area contributed by atoms with Gasteiger partial charge in [0, 0.05) is 16.8 Å². The van der Waals surface area contributed by atoms with E-state index in [1.807, 2.05) is 49.4 Å². The maximum absolute atomic E-state index is 13.9. The Labute approximate surface area is 267 Å². The van der Waals surface area contributed by atoms with Crippen LogP contribution < -0.4 is 29.8 Å². The van der Waals surface area contributed by atoms with E-state index >= 15 is 0 Å². The summed E-state index contributed by atoms with van der Waals surface area (Å²) in [6, 6.07) is 23.6. The van der Waals surface area contributed by atoms with Crippen molar-refractivity contribution >= 4 is 28.7 Å². The van der Waals surface area contributed by atoms with E-state index in [-0.39, 0.29) is 29.7 Å². The van der Waals surface area contributed by atoms with E-state index in [9.17, 15) is 9.59 Å². The number of carbonyl (C=O) groups is 1. The molecule has 0 fully saturated rings. The van der Waals surface area contributed by atoms with Crippen molar-refractivity contribution in [2.75, 3.05) is 33.3 Å². The lowest BCUT2D eigenvalue weighted by atomic mass is 9.96. The molecule has 46 heavy (non-hydrogen) atoms. The molecule has 10 nitrogen and oxygen atoms in total. The molecule has 4 aromatic carbocycles. The van der Waals surface area contributed by atoms with Crippen molar-refractivity contribution < 1.29 is 23.7 Å². The van der Waals surface area contributed by atoms with Crippen LogP contribution in [0, 0.1) is 6.92 Å². The van der Waals surface area contributed by atoms with Crippen LogP contribution in [0.4, 0.5) is 5.69 Å². The normalized spacial score (nSPS) is 11.2. The fraction of sp³-hybridized carbons (Fsp3) is 0.222. The largest absolute Gasteiger partial charge is 0.496 e. The van der Waals surface area contributed by atoms with Gasteiger partial charge in [-0.3, -0.25) is 9.59 Å². The van der Waals surface area contributed by atoms with Crippen molar-refractivity contribution in [3.05, 3.63) is 106 Å². The molecule has 0 saturated carbocycles. The number of aryl methyl sites for hydroxylation is 1. The van der Waals surface area contributed by atoms with Crippen molar-refractivity contribution in [3.63, 3.8) is 0 Å². The van der Waals surface area contributed by atoms with Crippen LogP contribution in [0.1, 0.15) is 36.5 Å². The summed E-state index contributed by atoms with van der Waals surface area (Å²) in [4.78, 5) is 31.3. The Morgan fingerprint density at radius 3 is 2.22 bits per heavy atom. The Kier molecular flexibility index (Phi) is 9.66. The number of ether oxygens (including phenoxy) is 4. The molecule has 0 spiro atoms. The second-order valence-electron chi connectivity index (χ2n) is 10.8. The molecule has 1 aromatic heterocycles. The van der Waals surface area contributed by atoms with Gasteiger partial charge in [0.25, 0.3) is 11.5 Å². The number of carbonyl (C=O) groups excluding carboxylic acids is 1. The van der Waals surface area contributed by atoms with Crippen LogP contribution in [0.5, 0.6) is 23.0 Å². The second kappa shape index (κ2) is 14.0. The van der Waals surface area contributed by atoms with Crippen LogP contribution in [-0.4, -0.2) is 49.7 Å². The Balaban J connectivity index is 1.54. The fourth-order valence-electron chi connectivity index (χ4n) is 5.07. The number of aromatic nitrogens is 2. The second-order valence-corrected chi connectivity index (χ2v) is 10.8. The van der Waals surface area contributed by atoms with Gasteiger partial charge in [-0.1, -0.05) is 44.2 Å². The van der Waals surface area contributed by atoms with E-state index in [2.05, 4.69) is 24.3 Å². The van der Waals surface area contributed by atoms with Crippen LogP contribution in [0.2, 0.25) is 0 Å². The first-order valence-corrected chi connectivity index (χ1v) is 14.7. The quantitative estimate of drug-likeness (QED) is 0.170. The molecule has 5 rings (SSSR count). The number of anilines is 1. The molecule has 0 bridgehead atoms. The lowest BCUT2D eigenvalue weighted by molar-refractivity contribution is -0.118. The van der Waals surface area contributed by atoms with Crippen molar-refractivity contribution in [2.24, 2.45) is 5.10 Å². The maximum Gasteiger partial charge on any atom is 0.282 e. The number of nitrogens with zero attached hydrogens (tertiary/aromatic N) is 3. The SMILES string of the molecule is COc1cc(C)c(-c2nc3ccccc3c(=O)n2N=Cc2cc(OC)c(OCC(=O)Nc3ccccc3)c(OC)c2)cc1C(C)C. The van der Waals surface area contributed by atoms with E-state index in [0.717, 1.165) is 22.4 Å². The predicted molar refractivity (Wildman–Crippen MR) is 180 cm³/mol. The lowest BCUT2D eigenvalue weighted by Gasteiger charge is -2.17. The van der Waals surface area contributed by atoms with E-state index in [0.29, 0.717) is 39.5 Å². The molecule has 1 heterocycles. The molecule has 0 radical (unpaired) electrons. The van der Waals surface area contributed by atoms with Gasteiger partial charge >= 0.3 is 0 Å². The summed E-state index contributed by atoms with van der Waals surface area (Å²) >= 11 is 0. The maximum atomic E-state index is 13.9. The van der Waals surface area contributed by atoms with Gasteiger partial charge in [-0.25, -0.2) is 4.98 Å².